The van der Waals surface area contributed by atoms with Crippen LogP contribution < -0.4 is 10.1 Å². The molecular weight excluding hydrogens is 345 g/mol. The van der Waals surface area contributed by atoms with Crippen molar-refractivity contribution in [2.24, 2.45) is 0 Å². The number of carbonyl (C=O) groups excluding carboxylic acids is 1. The molecule has 0 radical (unpaired) electrons. The lowest BCUT2D eigenvalue weighted by molar-refractivity contribution is -0.111. The summed E-state index contributed by atoms with van der Waals surface area (Å²) in [5.74, 6) is 0.515. The van der Waals surface area contributed by atoms with Gasteiger partial charge < -0.3 is 10.1 Å². The summed E-state index contributed by atoms with van der Waals surface area (Å²) >= 11 is 11.8. The first-order chi connectivity index (χ1) is 11.6. The maximum absolute atomic E-state index is 12.0. The van der Waals surface area contributed by atoms with Crippen LogP contribution in [-0.4, -0.2) is 12.5 Å². The van der Waals surface area contributed by atoms with Gasteiger partial charge in [-0.25, -0.2) is 0 Å². The van der Waals surface area contributed by atoms with Gasteiger partial charge in [0, 0.05) is 17.3 Å². The van der Waals surface area contributed by atoms with E-state index in [2.05, 4.69) is 12.2 Å². The molecule has 0 saturated heterocycles. The van der Waals surface area contributed by atoms with Gasteiger partial charge in [-0.15, -0.1) is 0 Å². The Hall–Kier alpha value is -1.97. The first-order valence-corrected chi connectivity index (χ1v) is 8.51. The third kappa shape index (κ3) is 5.59. The summed E-state index contributed by atoms with van der Waals surface area (Å²) in [6, 6.07) is 12.6. The van der Waals surface area contributed by atoms with E-state index < -0.39 is 0 Å². The molecule has 3 nitrogen and oxygen atoms in total. The summed E-state index contributed by atoms with van der Waals surface area (Å²) in [6.45, 7) is 2.78. The summed E-state index contributed by atoms with van der Waals surface area (Å²) in [4.78, 5) is 12.0. The van der Waals surface area contributed by atoms with E-state index in [4.69, 9.17) is 27.9 Å². The second-order valence-electron chi connectivity index (χ2n) is 5.19. The highest BCUT2D eigenvalue weighted by atomic mass is 35.5. The fraction of sp³-hybridized carbons (Fsp3) is 0.211. The van der Waals surface area contributed by atoms with Crippen LogP contribution in [0.3, 0.4) is 0 Å². The maximum atomic E-state index is 12.0. The first-order valence-electron chi connectivity index (χ1n) is 7.76. The number of para-hydroxylation sites is 1. The van der Waals surface area contributed by atoms with Crippen LogP contribution in [0.5, 0.6) is 5.75 Å². The lowest BCUT2D eigenvalue weighted by atomic mass is 10.2. The van der Waals surface area contributed by atoms with Crippen molar-refractivity contribution in [2.75, 3.05) is 11.9 Å². The molecule has 1 N–H and O–H groups in total. The second-order valence-corrected chi connectivity index (χ2v) is 6.01. The molecule has 24 heavy (non-hydrogen) atoms. The van der Waals surface area contributed by atoms with Crippen molar-refractivity contribution in [3.63, 3.8) is 0 Å². The zero-order valence-electron chi connectivity index (χ0n) is 13.4. The fourth-order valence-electron chi connectivity index (χ4n) is 2.00. The van der Waals surface area contributed by atoms with Gasteiger partial charge in [-0.3, -0.25) is 4.79 Å². The van der Waals surface area contributed by atoms with Gasteiger partial charge in [0.25, 0.3) is 0 Å². The molecule has 126 valence electrons. The Morgan fingerprint density at radius 2 is 1.96 bits per heavy atom. The van der Waals surface area contributed by atoms with Crippen LogP contribution in [0.2, 0.25) is 10.0 Å². The van der Waals surface area contributed by atoms with Crippen LogP contribution in [-0.2, 0) is 4.79 Å². The molecular formula is C19H19Cl2NO2. The SMILES string of the molecule is CCCCOc1ccccc1C=CC(=O)Nc1ccc(Cl)c(Cl)c1. The van der Waals surface area contributed by atoms with Gasteiger partial charge in [-0.2, -0.15) is 0 Å². The summed E-state index contributed by atoms with van der Waals surface area (Å²) in [7, 11) is 0. The van der Waals surface area contributed by atoms with Crippen molar-refractivity contribution in [3.8, 4) is 5.75 Å². The summed E-state index contributed by atoms with van der Waals surface area (Å²) in [5, 5.41) is 3.59. The van der Waals surface area contributed by atoms with E-state index in [1.54, 1.807) is 24.3 Å². The van der Waals surface area contributed by atoms with Crippen LogP contribution in [0, 0.1) is 0 Å². The number of rotatable bonds is 7. The molecule has 0 heterocycles. The fourth-order valence-corrected chi connectivity index (χ4v) is 2.30. The summed E-state index contributed by atoms with van der Waals surface area (Å²) < 4.78 is 5.74. The van der Waals surface area contributed by atoms with E-state index in [1.807, 2.05) is 24.3 Å². The normalized spacial score (nSPS) is 10.8. The lowest BCUT2D eigenvalue weighted by Gasteiger charge is -2.08. The van der Waals surface area contributed by atoms with Gasteiger partial charge in [-0.1, -0.05) is 54.7 Å². The molecule has 0 aromatic heterocycles. The monoisotopic (exact) mass is 363 g/mol. The van der Waals surface area contributed by atoms with E-state index in [9.17, 15) is 4.79 Å². The molecule has 0 bridgehead atoms. The number of ether oxygens (including phenoxy) is 1. The predicted octanol–water partition coefficient (Wildman–Crippen LogP) is 5.82. The summed E-state index contributed by atoms with van der Waals surface area (Å²) in [5.41, 5.74) is 1.45. The zero-order valence-corrected chi connectivity index (χ0v) is 14.9. The summed E-state index contributed by atoms with van der Waals surface area (Å²) in [6.07, 6.45) is 5.26. The molecule has 2 rings (SSSR count). The number of anilines is 1. The minimum absolute atomic E-state index is 0.253. The van der Waals surface area contributed by atoms with Crippen molar-refractivity contribution in [1.82, 2.24) is 0 Å². The molecule has 2 aromatic carbocycles. The van der Waals surface area contributed by atoms with Gasteiger partial charge in [0.1, 0.15) is 5.75 Å². The number of nitrogens with one attached hydrogen (secondary N) is 1. The van der Waals surface area contributed by atoms with E-state index in [0.717, 1.165) is 24.2 Å². The van der Waals surface area contributed by atoms with Crippen molar-refractivity contribution in [3.05, 3.63) is 64.1 Å². The van der Waals surface area contributed by atoms with Crippen molar-refractivity contribution in [2.45, 2.75) is 19.8 Å². The predicted molar refractivity (Wildman–Crippen MR) is 101 cm³/mol. The van der Waals surface area contributed by atoms with Crippen LogP contribution in [0.1, 0.15) is 25.3 Å². The van der Waals surface area contributed by atoms with E-state index in [-0.39, 0.29) is 5.91 Å². The Labute approximate surface area is 152 Å². The van der Waals surface area contributed by atoms with E-state index in [0.29, 0.717) is 22.3 Å². The van der Waals surface area contributed by atoms with Crippen LogP contribution >= 0.6 is 23.2 Å². The van der Waals surface area contributed by atoms with Crippen LogP contribution in [0.25, 0.3) is 6.08 Å². The quantitative estimate of drug-likeness (QED) is 0.496. The molecule has 0 unspecified atom stereocenters. The zero-order chi connectivity index (χ0) is 17.4. The Balaban J connectivity index is 2.01. The average molecular weight is 364 g/mol. The van der Waals surface area contributed by atoms with Gasteiger partial charge >= 0.3 is 0 Å². The van der Waals surface area contributed by atoms with Crippen molar-refractivity contribution in [1.29, 1.82) is 0 Å². The average Bonchev–Trinajstić information content (AvgIpc) is 2.57. The molecule has 0 atom stereocenters. The Kier molecular flexibility index (Phi) is 7.16. The molecule has 0 saturated carbocycles. The molecule has 1 amide bonds. The highest BCUT2D eigenvalue weighted by Gasteiger charge is 2.03. The third-order valence-electron chi connectivity index (χ3n) is 3.28. The van der Waals surface area contributed by atoms with E-state index >= 15 is 0 Å². The smallest absolute Gasteiger partial charge is 0.248 e. The minimum atomic E-state index is -0.253. The van der Waals surface area contributed by atoms with Gasteiger partial charge in [0.15, 0.2) is 0 Å². The Morgan fingerprint density at radius 3 is 2.71 bits per heavy atom. The lowest BCUT2D eigenvalue weighted by Crippen LogP contribution is -2.07. The van der Waals surface area contributed by atoms with Crippen LogP contribution in [0.4, 0.5) is 5.69 Å². The minimum Gasteiger partial charge on any atom is -0.493 e. The topological polar surface area (TPSA) is 38.3 Å². The van der Waals surface area contributed by atoms with E-state index in [1.165, 1.54) is 6.08 Å². The molecule has 0 aliphatic heterocycles. The van der Waals surface area contributed by atoms with Crippen LogP contribution in [0.15, 0.2) is 48.5 Å². The number of benzene rings is 2. The molecule has 0 aliphatic rings. The maximum Gasteiger partial charge on any atom is 0.248 e. The number of hydrogen-bond acceptors (Lipinski definition) is 2. The Morgan fingerprint density at radius 1 is 1.17 bits per heavy atom. The largest absolute Gasteiger partial charge is 0.493 e. The number of halogens is 2. The number of carbonyl (C=O) groups is 1. The molecule has 0 spiro atoms. The highest BCUT2D eigenvalue weighted by Crippen LogP contribution is 2.25. The second kappa shape index (κ2) is 9.36. The van der Waals surface area contributed by atoms with Gasteiger partial charge in [-0.05, 0) is 36.8 Å². The van der Waals surface area contributed by atoms with Gasteiger partial charge in [0.05, 0.1) is 16.7 Å². The molecule has 0 fully saturated rings. The molecule has 2 aromatic rings. The number of unbranched alkanes of at least 4 members (excludes halogenated alkanes) is 1. The third-order valence-corrected chi connectivity index (χ3v) is 4.01. The molecule has 0 aliphatic carbocycles. The Bertz CT molecular complexity index is 729. The molecule has 5 heteroatoms. The number of amides is 1. The van der Waals surface area contributed by atoms with Gasteiger partial charge in [0.2, 0.25) is 5.91 Å². The standard InChI is InChI=1S/C19H19Cl2NO2/c1-2-3-12-24-18-7-5-4-6-14(18)8-11-19(23)22-15-9-10-16(20)17(21)13-15/h4-11,13H,2-3,12H2,1H3,(H,22,23). The van der Waals surface area contributed by atoms with Crippen molar-refractivity contribution >= 4 is 40.9 Å². The highest BCUT2D eigenvalue weighted by molar-refractivity contribution is 6.42. The first kappa shape index (κ1) is 18.4. The number of hydrogen-bond donors (Lipinski definition) is 1. The van der Waals surface area contributed by atoms with Crippen molar-refractivity contribution < 1.29 is 9.53 Å².